The number of benzene rings is 1. The Morgan fingerprint density at radius 1 is 1.26 bits per heavy atom. The fourth-order valence-electron chi connectivity index (χ4n) is 3.86. The minimum Gasteiger partial charge on any atom is -0.354 e. The van der Waals surface area contributed by atoms with E-state index in [0.717, 1.165) is 12.8 Å². The van der Waals surface area contributed by atoms with Gasteiger partial charge in [-0.25, -0.2) is 0 Å². The molecule has 3 heteroatoms. The molecule has 0 aliphatic heterocycles. The normalized spacial score (nSPS) is 26.0. The second kappa shape index (κ2) is 8.49. The van der Waals surface area contributed by atoms with Crippen molar-refractivity contribution in [1.29, 1.82) is 0 Å². The molecule has 0 radical (unpaired) electrons. The topological polar surface area (TPSA) is 55.1 Å². The van der Waals surface area contributed by atoms with E-state index in [2.05, 4.69) is 38.2 Å². The molecular weight excluding hydrogens is 284 g/mol. The molecule has 0 aromatic heterocycles. The van der Waals surface area contributed by atoms with Crippen LogP contribution in [-0.4, -0.2) is 18.5 Å². The van der Waals surface area contributed by atoms with Gasteiger partial charge in [-0.05, 0) is 42.6 Å². The van der Waals surface area contributed by atoms with Crippen molar-refractivity contribution < 1.29 is 4.79 Å². The lowest BCUT2D eigenvalue weighted by atomic mass is 9.70. The molecule has 1 aliphatic rings. The Labute approximate surface area is 141 Å². The van der Waals surface area contributed by atoms with Crippen LogP contribution >= 0.6 is 0 Å². The maximum atomic E-state index is 12.6. The fraction of sp³-hybridized carbons (Fsp3) is 0.650. The highest BCUT2D eigenvalue weighted by Crippen LogP contribution is 2.38. The first-order valence-electron chi connectivity index (χ1n) is 9.04. The van der Waals surface area contributed by atoms with Crippen LogP contribution in [0, 0.1) is 23.7 Å². The number of nitrogens with one attached hydrogen (secondary N) is 1. The van der Waals surface area contributed by atoms with Crippen LogP contribution in [0.15, 0.2) is 30.3 Å². The van der Waals surface area contributed by atoms with Crippen molar-refractivity contribution in [2.75, 3.05) is 6.54 Å². The minimum atomic E-state index is -0.0279. The van der Waals surface area contributed by atoms with Crippen LogP contribution in [0.5, 0.6) is 0 Å². The average Bonchev–Trinajstić information content (AvgIpc) is 2.53. The third-order valence-corrected chi connectivity index (χ3v) is 5.24. The molecule has 1 unspecified atom stereocenters. The molecule has 1 amide bonds. The fourth-order valence-corrected chi connectivity index (χ4v) is 3.86. The van der Waals surface area contributed by atoms with Crippen molar-refractivity contribution in [3.05, 3.63) is 35.9 Å². The molecule has 1 fully saturated rings. The van der Waals surface area contributed by atoms with Gasteiger partial charge in [0.25, 0.3) is 0 Å². The zero-order valence-electron chi connectivity index (χ0n) is 14.8. The molecule has 128 valence electrons. The van der Waals surface area contributed by atoms with E-state index in [1.165, 1.54) is 18.4 Å². The monoisotopic (exact) mass is 316 g/mol. The van der Waals surface area contributed by atoms with Crippen LogP contribution in [0.1, 0.15) is 45.6 Å². The van der Waals surface area contributed by atoms with Gasteiger partial charge < -0.3 is 11.1 Å². The summed E-state index contributed by atoms with van der Waals surface area (Å²) < 4.78 is 0. The molecule has 1 saturated carbocycles. The van der Waals surface area contributed by atoms with Crippen LogP contribution in [0.3, 0.4) is 0 Å². The Morgan fingerprint density at radius 3 is 2.61 bits per heavy atom. The summed E-state index contributed by atoms with van der Waals surface area (Å²) >= 11 is 0. The van der Waals surface area contributed by atoms with Crippen molar-refractivity contribution in [3.8, 4) is 0 Å². The number of carbonyl (C=O) groups is 1. The lowest BCUT2D eigenvalue weighted by Crippen LogP contribution is -2.45. The Morgan fingerprint density at radius 2 is 1.96 bits per heavy atom. The third kappa shape index (κ3) is 5.35. The predicted molar refractivity (Wildman–Crippen MR) is 96.0 cm³/mol. The Kier molecular flexibility index (Phi) is 6.64. The molecule has 0 saturated heterocycles. The summed E-state index contributed by atoms with van der Waals surface area (Å²) in [4.78, 5) is 12.6. The van der Waals surface area contributed by atoms with E-state index in [4.69, 9.17) is 5.73 Å². The first kappa shape index (κ1) is 18.0. The van der Waals surface area contributed by atoms with Crippen LogP contribution < -0.4 is 11.1 Å². The Balaban J connectivity index is 1.85. The van der Waals surface area contributed by atoms with E-state index < -0.39 is 0 Å². The number of nitrogens with two attached hydrogens (primary N) is 1. The average molecular weight is 316 g/mol. The number of hydrogen-bond acceptors (Lipinski definition) is 2. The van der Waals surface area contributed by atoms with E-state index in [9.17, 15) is 4.79 Å². The third-order valence-electron chi connectivity index (χ3n) is 5.24. The summed E-state index contributed by atoms with van der Waals surface area (Å²) in [5, 5.41) is 3.11. The highest BCUT2D eigenvalue weighted by atomic mass is 16.1. The van der Waals surface area contributed by atoms with Gasteiger partial charge in [0.2, 0.25) is 5.91 Å². The molecule has 0 spiro atoms. The maximum absolute atomic E-state index is 12.6. The summed E-state index contributed by atoms with van der Waals surface area (Å²) in [7, 11) is 0. The van der Waals surface area contributed by atoms with Gasteiger partial charge in [0.15, 0.2) is 0 Å². The van der Waals surface area contributed by atoms with Crippen LogP contribution in [0.2, 0.25) is 0 Å². The summed E-state index contributed by atoms with van der Waals surface area (Å²) in [6, 6.07) is 10.2. The first-order chi connectivity index (χ1) is 11.0. The number of rotatable bonds is 6. The van der Waals surface area contributed by atoms with E-state index in [0.29, 0.717) is 24.3 Å². The minimum absolute atomic E-state index is 0.0279. The number of hydrogen-bond donors (Lipinski definition) is 2. The lowest BCUT2D eigenvalue weighted by Gasteiger charge is -2.36. The van der Waals surface area contributed by atoms with Crippen molar-refractivity contribution in [1.82, 2.24) is 5.32 Å². The van der Waals surface area contributed by atoms with E-state index >= 15 is 0 Å². The first-order valence-corrected chi connectivity index (χ1v) is 9.04. The van der Waals surface area contributed by atoms with Crippen molar-refractivity contribution in [2.24, 2.45) is 29.4 Å². The second-order valence-corrected chi connectivity index (χ2v) is 7.63. The van der Waals surface area contributed by atoms with Gasteiger partial charge in [-0.3, -0.25) is 4.79 Å². The van der Waals surface area contributed by atoms with Crippen LogP contribution in [0.4, 0.5) is 0 Å². The molecule has 3 N–H and O–H groups in total. The maximum Gasteiger partial charge on any atom is 0.223 e. The van der Waals surface area contributed by atoms with Crippen molar-refractivity contribution in [3.63, 3.8) is 0 Å². The van der Waals surface area contributed by atoms with Gasteiger partial charge in [-0.15, -0.1) is 0 Å². The summed E-state index contributed by atoms with van der Waals surface area (Å²) in [6.45, 7) is 7.30. The highest BCUT2D eigenvalue weighted by molar-refractivity contribution is 5.79. The van der Waals surface area contributed by atoms with Gasteiger partial charge in [0.1, 0.15) is 0 Å². The van der Waals surface area contributed by atoms with Gasteiger partial charge in [0, 0.05) is 18.5 Å². The number of carbonyl (C=O) groups excluding carboxylic acids is 1. The Bertz CT molecular complexity index is 486. The standard InChI is InChI=1S/C20H32N2O/c1-14(2)18-10-9-15(3)11-19(18)20(23)22-13-17(21)12-16-7-5-4-6-8-16/h4-8,14-15,17-19H,9-13,21H2,1-3H3,(H,22,23)/t15-,17?,18+,19-/m1/s1. The molecule has 1 aromatic rings. The Hall–Kier alpha value is -1.35. The largest absolute Gasteiger partial charge is 0.354 e. The molecule has 1 aliphatic carbocycles. The molecular formula is C20H32N2O. The summed E-state index contributed by atoms with van der Waals surface area (Å²) in [6.07, 6.45) is 4.24. The smallest absolute Gasteiger partial charge is 0.223 e. The summed E-state index contributed by atoms with van der Waals surface area (Å²) in [5.41, 5.74) is 7.41. The van der Waals surface area contributed by atoms with E-state index in [-0.39, 0.29) is 17.9 Å². The molecule has 0 bridgehead atoms. The zero-order chi connectivity index (χ0) is 16.8. The van der Waals surface area contributed by atoms with E-state index in [1.807, 2.05) is 18.2 Å². The van der Waals surface area contributed by atoms with Gasteiger partial charge in [-0.1, -0.05) is 57.5 Å². The van der Waals surface area contributed by atoms with Gasteiger partial charge in [0.05, 0.1) is 0 Å². The molecule has 0 heterocycles. The van der Waals surface area contributed by atoms with Crippen LogP contribution in [0.25, 0.3) is 0 Å². The molecule has 3 nitrogen and oxygen atoms in total. The van der Waals surface area contributed by atoms with Crippen LogP contribution in [-0.2, 0) is 11.2 Å². The predicted octanol–water partition coefficient (Wildman–Crippen LogP) is 3.38. The lowest BCUT2D eigenvalue weighted by molar-refractivity contribution is -0.129. The zero-order valence-corrected chi connectivity index (χ0v) is 14.8. The van der Waals surface area contributed by atoms with Gasteiger partial charge in [-0.2, -0.15) is 0 Å². The van der Waals surface area contributed by atoms with Crippen molar-refractivity contribution >= 4 is 5.91 Å². The SMILES string of the molecule is CC(C)[C@@H]1CC[C@@H](C)C[C@H]1C(=O)NCC(N)Cc1ccccc1. The molecule has 1 aromatic carbocycles. The van der Waals surface area contributed by atoms with Gasteiger partial charge >= 0.3 is 0 Å². The number of amides is 1. The molecule has 2 rings (SSSR count). The van der Waals surface area contributed by atoms with Crippen molar-refractivity contribution in [2.45, 2.75) is 52.5 Å². The molecule has 23 heavy (non-hydrogen) atoms. The highest BCUT2D eigenvalue weighted by Gasteiger charge is 2.35. The van der Waals surface area contributed by atoms with E-state index in [1.54, 1.807) is 0 Å². The second-order valence-electron chi connectivity index (χ2n) is 7.63. The summed E-state index contributed by atoms with van der Waals surface area (Å²) in [5.74, 6) is 2.09. The molecule has 4 atom stereocenters. The quantitative estimate of drug-likeness (QED) is 0.845.